The molecular weight excluding hydrogens is 358 g/mol. The molecule has 0 unspecified atom stereocenters. The molecular formula is C16H21N5O4S. The van der Waals surface area contributed by atoms with E-state index in [0.717, 1.165) is 19.5 Å². The summed E-state index contributed by atoms with van der Waals surface area (Å²) in [5.41, 5.74) is 0.299. The Balaban J connectivity index is 1.67. The van der Waals surface area contributed by atoms with Gasteiger partial charge in [-0.2, -0.15) is 4.98 Å². The van der Waals surface area contributed by atoms with Gasteiger partial charge in [0.1, 0.15) is 0 Å². The zero-order valence-electron chi connectivity index (χ0n) is 14.4. The SMILES string of the molecule is CCc1nc(CNS(=O)(=O)c2cccc(C(=O)N[C@@H]3CCNC3)c2)no1. The fraction of sp³-hybridized carbons (Fsp3) is 0.438. The number of sulfonamides is 1. The van der Waals surface area contributed by atoms with Crippen LogP contribution in [-0.4, -0.2) is 43.6 Å². The molecule has 1 aromatic carbocycles. The standard InChI is InChI=1S/C16H21N5O4S/c1-2-15-20-14(21-25-15)10-18-26(23,24)13-5-3-4-11(8-13)16(22)19-12-6-7-17-9-12/h3-5,8,12,17-18H,2,6-7,9-10H2,1H3,(H,19,22)/t12-/m1/s1. The lowest BCUT2D eigenvalue weighted by Gasteiger charge is -2.12. The minimum Gasteiger partial charge on any atom is -0.348 e. The highest BCUT2D eigenvalue weighted by atomic mass is 32.2. The lowest BCUT2D eigenvalue weighted by molar-refractivity contribution is 0.0940. The molecule has 0 spiro atoms. The first-order valence-corrected chi connectivity index (χ1v) is 9.89. The van der Waals surface area contributed by atoms with Crippen molar-refractivity contribution in [3.63, 3.8) is 0 Å². The van der Waals surface area contributed by atoms with E-state index in [4.69, 9.17) is 4.52 Å². The van der Waals surface area contributed by atoms with E-state index in [1.807, 2.05) is 6.92 Å². The molecule has 0 bridgehead atoms. The minimum atomic E-state index is -3.80. The van der Waals surface area contributed by atoms with Gasteiger partial charge < -0.3 is 15.2 Å². The molecule has 1 aliphatic heterocycles. The van der Waals surface area contributed by atoms with E-state index in [9.17, 15) is 13.2 Å². The van der Waals surface area contributed by atoms with Crippen molar-refractivity contribution in [2.24, 2.45) is 0 Å². The molecule has 26 heavy (non-hydrogen) atoms. The van der Waals surface area contributed by atoms with E-state index >= 15 is 0 Å². The number of amides is 1. The van der Waals surface area contributed by atoms with Crippen molar-refractivity contribution in [2.75, 3.05) is 13.1 Å². The first-order valence-electron chi connectivity index (χ1n) is 8.40. The van der Waals surface area contributed by atoms with Crippen molar-refractivity contribution in [3.05, 3.63) is 41.5 Å². The lowest BCUT2D eigenvalue weighted by Crippen LogP contribution is -2.36. The molecule has 1 amide bonds. The smallest absolute Gasteiger partial charge is 0.251 e. The van der Waals surface area contributed by atoms with E-state index in [1.54, 1.807) is 12.1 Å². The van der Waals surface area contributed by atoms with Crippen LogP contribution in [0, 0.1) is 0 Å². The number of carbonyl (C=O) groups excluding carboxylic acids is 1. The molecule has 2 aromatic rings. The van der Waals surface area contributed by atoms with Crippen molar-refractivity contribution in [1.29, 1.82) is 0 Å². The quantitative estimate of drug-likeness (QED) is 0.627. The molecule has 0 aliphatic carbocycles. The summed E-state index contributed by atoms with van der Waals surface area (Å²) in [5, 5.41) is 9.76. The summed E-state index contributed by atoms with van der Waals surface area (Å²) in [6, 6.07) is 5.98. The fourth-order valence-corrected chi connectivity index (χ4v) is 3.63. The predicted molar refractivity (Wildman–Crippen MR) is 92.9 cm³/mol. The summed E-state index contributed by atoms with van der Waals surface area (Å²) < 4.78 is 32.3. The van der Waals surface area contributed by atoms with Crippen LogP contribution < -0.4 is 15.4 Å². The van der Waals surface area contributed by atoms with Gasteiger partial charge in [-0.1, -0.05) is 18.1 Å². The Labute approximate surface area is 151 Å². The van der Waals surface area contributed by atoms with Crippen molar-refractivity contribution in [3.8, 4) is 0 Å². The molecule has 10 heteroatoms. The van der Waals surface area contributed by atoms with Crippen molar-refractivity contribution in [1.82, 2.24) is 25.5 Å². The van der Waals surface area contributed by atoms with Gasteiger partial charge in [-0.25, -0.2) is 13.1 Å². The molecule has 9 nitrogen and oxygen atoms in total. The molecule has 2 heterocycles. The first-order chi connectivity index (χ1) is 12.5. The summed E-state index contributed by atoms with van der Waals surface area (Å²) in [4.78, 5) is 16.4. The van der Waals surface area contributed by atoms with Crippen LogP contribution in [0.5, 0.6) is 0 Å². The highest BCUT2D eigenvalue weighted by molar-refractivity contribution is 7.89. The second-order valence-corrected chi connectivity index (χ2v) is 7.74. The Morgan fingerprint density at radius 2 is 2.27 bits per heavy atom. The number of hydrogen-bond acceptors (Lipinski definition) is 7. The number of aryl methyl sites for hydroxylation is 1. The largest absolute Gasteiger partial charge is 0.348 e. The van der Waals surface area contributed by atoms with Crippen LogP contribution >= 0.6 is 0 Å². The number of aromatic nitrogens is 2. The van der Waals surface area contributed by atoms with E-state index in [0.29, 0.717) is 17.9 Å². The number of rotatable bonds is 7. The highest BCUT2D eigenvalue weighted by Crippen LogP contribution is 2.13. The van der Waals surface area contributed by atoms with Crippen LogP contribution in [0.1, 0.15) is 35.4 Å². The maximum absolute atomic E-state index is 12.5. The summed E-state index contributed by atoms with van der Waals surface area (Å²) >= 11 is 0. The molecule has 0 radical (unpaired) electrons. The third-order valence-corrected chi connectivity index (χ3v) is 5.43. The maximum atomic E-state index is 12.5. The second-order valence-electron chi connectivity index (χ2n) is 5.97. The third kappa shape index (κ3) is 4.45. The average molecular weight is 379 g/mol. The first kappa shape index (κ1) is 18.5. The number of benzene rings is 1. The monoisotopic (exact) mass is 379 g/mol. The zero-order valence-corrected chi connectivity index (χ0v) is 15.2. The van der Waals surface area contributed by atoms with Gasteiger partial charge in [0, 0.05) is 24.6 Å². The summed E-state index contributed by atoms with van der Waals surface area (Å²) in [6.45, 7) is 3.35. The van der Waals surface area contributed by atoms with Gasteiger partial charge in [0.25, 0.3) is 5.91 Å². The van der Waals surface area contributed by atoms with Gasteiger partial charge in [0.2, 0.25) is 15.9 Å². The summed E-state index contributed by atoms with van der Waals surface area (Å²) in [7, 11) is -3.80. The lowest BCUT2D eigenvalue weighted by atomic mass is 10.2. The molecule has 1 fully saturated rings. The Bertz CT molecular complexity index is 874. The number of nitrogens with one attached hydrogen (secondary N) is 3. The second kappa shape index (κ2) is 7.94. The third-order valence-electron chi connectivity index (χ3n) is 4.03. The van der Waals surface area contributed by atoms with Crippen LogP contribution in [0.15, 0.2) is 33.7 Å². The Kier molecular flexibility index (Phi) is 5.64. The van der Waals surface area contributed by atoms with E-state index in [2.05, 4.69) is 25.5 Å². The van der Waals surface area contributed by atoms with Crippen LogP contribution in [0.25, 0.3) is 0 Å². The number of nitrogens with zero attached hydrogens (tertiary/aromatic N) is 2. The van der Waals surface area contributed by atoms with E-state index < -0.39 is 10.0 Å². The maximum Gasteiger partial charge on any atom is 0.251 e. The van der Waals surface area contributed by atoms with Gasteiger partial charge in [-0.15, -0.1) is 0 Å². The normalized spacial score (nSPS) is 17.3. The van der Waals surface area contributed by atoms with Gasteiger partial charge in [0.15, 0.2) is 5.82 Å². The zero-order chi connectivity index (χ0) is 18.6. The Morgan fingerprint density at radius 3 is 2.96 bits per heavy atom. The van der Waals surface area contributed by atoms with Gasteiger partial charge in [0.05, 0.1) is 11.4 Å². The van der Waals surface area contributed by atoms with Crippen molar-refractivity contribution >= 4 is 15.9 Å². The molecule has 1 atom stereocenters. The van der Waals surface area contributed by atoms with Gasteiger partial charge >= 0.3 is 0 Å². The molecule has 0 saturated carbocycles. The molecule has 3 rings (SSSR count). The molecule has 1 saturated heterocycles. The van der Waals surface area contributed by atoms with Crippen LogP contribution in [0.4, 0.5) is 0 Å². The highest BCUT2D eigenvalue weighted by Gasteiger charge is 2.20. The van der Waals surface area contributed by atoms with Crippen LogP contribution in [0.3, 0.4) is 0 Å². The minimum absolute atomic E-state index is 0.00825. The Hall–Kier alpha value is -2.30. The molecule has 1 aliphatic rings. The van der Waals surface area contributed by atoms with Crippen LogP contribution in [0.2, 0.25) is 0 Å². The molecule has 1 aromatic heterocycles. The molecule has 3 N–H and O–H groups in total. The molecule has 140 valence electrons. The summed E-state index contributed by atoms with van der Waals surface area (Å²) in [5.74, 6) is 0.411. The number of hydrogen-bond donors (Lipinski definition) is 3. The van der Waals surface area contributed by atoms with Crippen molar-refractivity contribution < 1.29 is 17.7 Å². The predicted octanol–water partition coefficient (Wildman–Crippen LogP) is 0.202. The Morgan fingerprint density at radius 1 is 1.42 bits per heavy atom. The summed E-state index contributed by atoms with van der Waals surface area (Å²) in [6.07, 6.45) is 1.43. The van der Waals surface area contributed by atoms with E-state index in [1.165, 1.54) is 12.1 Å². The van der Waals surface area contributed by atoms with Gasteiger partial charge in [-0.3, -0.25) is 4.79 Å². The van der Waals surface area contributed by atoms with Crippen LogP contribution in [-0.2, 0) is 23.0 Å². The van der Waals surface area contributed by atoms with Gasteiger partial charge in [-0.05, 0) is 31.2 Å². The van der Waals surface area contributed by atoms with E-state index in [-0.39, 0.29) is 29.2 Å². The topological polar surface area (TPSA) is 126 Å². The van der Waals surface area contributed by atoms with Crippen molar-refractivity contribution in [2.45, 2.75) is 37.2 Å². The fourth-order valence-electron chi connectivity index (χ4n) is 2.60. The average Bonchev–Trinajstić information content (AvgIpc) is 3.31. The number of carbonyl (C=O) groups is 1.